The molecule has 1 rings (SSSR count). The van der Waals surface area contributed by atoms with Gasteiger partial charge in [-0.15, -0.1) is 0 Å². The van der Waals surface area contributed by atoms with Crippen LogP contribution >= 0.6 is 34.4 Å². The van der Waals surface area contributed by atoms with Crippen molar-refractivity contribution in [2.45, 2.75) is 5.16 Å². The molecular weight excluding hydrogens is 287 g/mol. The van der Waals surface area contributed by atoms with Crippen LogP contribution in [0.4, 0.5) is 11.6 Å². The zero-order valence-corrected chi connectivity index (χ0v) is 9.30. The molecule has 0 aliphatic heterocycles. The Kier molecular flexibility index (Phi) is 3.86. The molecule has 1 aromatic rings. The topological polar surface area (TPSA) is 77.8 Å². The molecule has 12 heavy (non-hydrogen) atoms. The van der Waals surface area contributed by atoms with E-state index >= 15 is 0 Å². The molecular formula is C6H9IN4S. The van der Waals surface area contributed by atoms with Gasteiger partial charge in [0.25, 0.3) is 0 Å². The van der Waals surface area contributed by atoms with Gasteiger partial charge in [-0.2, -0.15) is 0 Å². The summed E-state index contributed by atoms with van der Waals surface area (Å²) < 4.78 is 1.06. The molecule has 1 heterocycles. The number of aromatic nitrogens is 2. The van der Waals surface area contributed by atoms with Crippen LogP contribution in [-0.4, -0.2) is 20.1 Å². The van der Waals surface area contributed by atoms with Gasteiger partial charge in [-0.1, -0.05) is 34.4 Å². The maximum absolute atomic E-state index is 5.48. The number of nitrogens with zero attached hydrogens (tertiary/aromatic N) is 2. The van der Waals surface area contributed by atoms with Crippen LogP contribution in [0.15, 0.2) is 11.2 Å². The second-order valence-electron chi connectivity index (χ2n) is 2.04. The quantitative estimate of drug-likeness (QED) is 0.379. The van der Waals surface area contributed by atoms with Crippen LogP contribution < -0.4 is 11.5 Å². The van der Waals surface area contributed by atoms with Gasteiger partial charge in [0.1, 0.15) is 11.6 Å². The smallest absolute Gasteiger partial charge is 0.191 e. The second-order valence-corrected chi connectivity index (χ2v) is 4.18. The summed E-state index contributed by atoms with van der Waals surface area (Å²) in [6, 6.07) is 1.55. The fraction of sp³-hybridized carbons (Fsp3) is 0.333. The van der Waals surface area contributed by atoms with E-state index in [0.717, 1.165) is 10.2 Å². The molecule has 0 amide bonds. The van der Waals surface area contributed by atoms with Crippen molar-refractivity contribution in [3.63, 3.8) is 0 Å². The molecule has 0 radical (unpaired) electrons. The van der Waals surface area contributed by atoms with Gasteiger partial charge in [-0.05, 0) is 0 Å². The minimum Gasteiger partial charge on any atom is -0.383 e. The van der Waals surface area contributed by atoms with Crippen molar-refractivity contribution >= 4 is 46.0 Å². The summed E-state index contributed by atoms with van der Waals surface area (Å²) in [6.07, 6.45) is 0. The first-order valence-corrected chi connectivity index (χ1v) is 5.82. The highest BCUT2D eigenvalue weighted by atomic mass is 127. The summed E-state index contributed by atoms with van der Waals surface area (Å²) in [5.74, 6) is 1.83. The van der Waals surface area contributed by atoms with Gasteiger partial charge in [0.2, 0.25) is 0 Å². The van der Waals surface area contributed by atoms with E-state index in [1.54, 1.807) is 17.8 Å². The average Bonchev–Trinajstić information content (AvgIpc) is 1.99. The standard InChI is InChI=1S/C6H9IN4S/c7-1-2-12-6-10-4(8)3-5(9)11-6/h3H,1-2H2,(H4,8,9,10,11). The largest absolute Gasteiger partial charge is 0.383 e. The van der Waals surface area contributed by atoms with E-state index in [9.17, 15) is 0 Å². The zero-order valence-electron chi connectivity index (χ0n) is 6.33. The van der Waals surface area contributed by atoms with Crippen LogP contribution in [0.25, 0.3) is 0 Å². The predicted octanol–water partition coefficient (Wildman–Crippen LogP) is 1.17. The Bertz CT molecular complexity index is 247. The van der Waals surface area contributed by atoms with Gasteiger partial charge in [0, 0.05) is 16.2 Å². The first kappa shape index (κ1) is 9.85. The van der Waals surface area contributed by atoms with Gasteiger partial charge in [0.15, 0.2) is 5.16 Å². The molecule has 6 heteroatoms. The molecule has 0 aromatic carbocycles. The highest BCUT2D eigenvalue weighted by Crippen LogP contribution is 2.16. The Morgan fingerprint density at radius 3 is 2.42 bits per heavy atom. The maximum Gasteiger partial charge on any atom is 0.191 e. The number of nitrogens with two attached hydrogens (primary N) is 2. The Morgan fingerprint density at radius 2 is 1.92 bits per heavy atom. The molecule has 0 spiro atoms. The van der Waals surface area contributed by atoms with Crippen LogP contribution in [-0.2, 0) is 0 Å². The van der Waals surface area contributed by atoms with Crippen molar-refractivity contribution in [1.82, 2.24) is 9.97 Å². The molecule has 0 unspecified atom stereocenters. The number of hydrogen-bond acceptors (Lipinski definition) is 5. The van der Waals surface area contributed by atoms with Crippen LogP contribution in [0.1, 0.15) is 0 Å². The molecule has 0 bridgehead atoms. The first-order chi connectivity index (χ1) is 5.72. The summed E-state index contributed by atoms with van der Waals surface area (Å²) in [6.45, 7) is 0. The first-order valence-electron chi connectivity index (χ1n) is 3.31. The normalized spacial score (nSPS) is 10.1. The van der Waals surface area contributed by atoms with Crippen molar-refractivity contribution in [3.05, 3.63) is 6.07 Å². The van der Waals surface area contributed by atoms with Gasteiger partial charge < -0.3 is 11.5 Å². The van der Waals surface area contributed by atoms with Crippen LogP contribution in [0, 0.1) is 0 Å². The summed E-state index contributed by atoms with van der Waals surface area (Å²) in [5.41, 5.74) is 11.0. The van der Waals surface area contributed by atoms with Crippen molar-refractivity contribution in [2.24, 2.45) is 0 Å². The molecule has 1 aromatic heterocycles. The summed E-state index contributed by atoms with van der Waals surface area (Å²) in [5, 5.41) is 0.657. The lowest BCUT2D eigenvalue weighted by atomic mass is 10.5. The highest BCUT2D eigenvalue weighted by Gasteiger charge is 1.99. The number of halogens is 1. The Balaban J connectivity index is 2.72. The molecule has 0 saturated heterocycles. The van der Waals surface area contributed by atoms with E-state index in [1.807, 2.05) is 0 Å². The van der Waals surface area contributed by atoms with Crippen molar-refractivity contribution in [1.29, 1.82) is 0 Å². The van der Waals surface area contributed by atoms with Gasteiger partial charge in [0.05, 0.1) is 0 Å². The number of rotatable bonds is 3. The third-order valence-electron chi connectivity index (χ3n) is 1.05. The molecule has 4 nitrogen and oxygen atoms in total. The highest BCUT2D eigenvalue weighted by molar-refractivity contribution is 14.1. The zero-order chi connectivity index (χ0) is 8.97. The summed E-state index contributed by atoms with van der Waals surface area (Å²) in [4.78, 5) is 8.04. The van der Waals surface area contributed by atoms with Gasteiger partial charge in [-0.3, -0.25) is 0 Å². The lowest BCUT2D eigenvalue weighted by Gasteiger charge is -2.00. The minimum absolute atomic E-state index is 0.429. The van der Waals surface area contributed by atoms with E-state index in [-0.39, 0.29) is 0 Å². The molecule has 0 aliphatic rings. The maximum atomic E-state index is 5.48. The Hall–Kier alpha value is -0.240. The lowest BCUT2D eigenvalue weighted by molar-refractivity contribution is 0.986. The van der Waals surface area contributed by atoms with Crippen LogP contribution in [0.2, 0.25) is 0 Å². The van der Waals surface area contributed by atoms with E-state index in [1.165, 1.54) is 0 Å². The third kappa shape index (κ3) is 3.02. The van der Waals surface area contributed by atoms with Crippen LogP contribution in [0.3, 0.4) is 0 Å². The van der Waals surface area contributed by atoms with E-state index in [2.05, 4.69) is 32.6 Å². The fourth-order valence-corrected chi connectivity index (χ4v) is 1.92. The minimum atomic E-state index is 0.429. The number of thioether (sulfide) groups is 1. The van der Waals surface area contributed by atoms with Crippen molar-refractivity contribution in [3.8, 4) is 0 Å². The number of anilines is 2. The van der Waals surface area contributed by atoms with E-state index in [0.29, 0.717) is 16.8 Å². The van der Waals surface area contributed by atoms with E-state index in [4.69, 9.17) is 11.5 Å². The van der Waals surface area contributed by atoms with Gasteiger partial charge >= 0.3 is 0 Å². The second kappa shape index (κ2) is 4.70. The van der Waals surface area contributed by atoms with E-state index < -0.39 is 0 Å². The lowest BCUT2D eigenvalue weighted by Crippen LogP contribution is -1.99. The average molecular weight is 296 g/mol. The number of alkyl halides is 1. The monoisotopic (exact) mass is 296 g/mol. The Labute approximate surface area is 88.7 Å². The van der Waals surface area contributed by atoms with Crippen molar-refractivity contribution in [2.75, 3.05) is 21.6 Å². The molecule has 0 fully saturated rings. The molecule has 0 atom stereocenters. The molecule has 66 valence electrons. The summed E-state index contributed by atoms with van der Waals surface area (Å²) in [7, 11) is 0. The molecule has 0 aliphatic carbocycles. The third-order valence-corrected chi connectivity index (χ3v) is 3.17. The Morgan fingerprint density at radius 1 is 1.33 bits per heavy atom. The number of nitrogen functional groups attached to an aromatic ring is 2. The van der Waals surface area contributed by atoms with Crippen molar-refractivity contribution < 1.29 is 0 Å². The fourth-order valence-electron chi connectivity index (χ4n) is 0.656. The van der Waals surface area contributed by atoms with Gasteiger partial charge in [-0.25, -0.2) is 9.97 Å². The SMILES string of the molecule is Nc1cc(N)nc(SCCI)n1. The molecule has 4 N–H and O–H groups in total. The molecule has 0 saturated carbocycles. The van der Waals surface area contributed by atoms with Crippen LogP contribution in [0.5, 0.6) is 0 Å². The number of hydrogen-bond donors (Lipinski definition) is 2. The summed E-state index contributed by atoms with van der Waals surface area (Å²) >= 11 is 3.85. The predicted molar refractivity (Wildman–Crippen MR) is 60.5 cm³/mol.